The van der Waals surface area contributed by atoms with Crippen molar-refractivity contribution in [2.75, 3.05) is 19.8 Å². The highest BCUT2D eigenvalue weighted by atomic mass is 16.7. The van der Waals surface area contributed by atoms with E-state index in [2.05, 4.69) is 31.2 Å². The highest BCUT2D eigenvalue weighted by Gasteiger charge is 2.37. The van der Waals surface area contributed by atoms with Gasteiger partial charge < -0.3 is 14.2 Å². The van der Waals surface area contributed by atoms with E-state index in [-0.39, 0.29) is 0 Å². The summed E-state index contributed by atoms with van der Waals surface area (Å²) in [5.41, 5.74) is 1.21. The molecule has 0 bridgehead atoms. The number of ether oxygens (including phenoxy) is 3. The normalized spacial score (nSPS) is 31.5. The quantitative estimate of drug-likeness (QED) is 0.771. The summed E-state index contributed by atoms with van der Waals surface area (Å²) in [4.78, 5) is 0. The third-order valence-electron chi connectivity index (χ3n) is 4.65. The maximum atomic E-state index is 6.03. The van der Waals surface area contributed by atoms with Crippen molar-refractivity contribution in [3.8, 4) is 0 Å². The SMILES string of the molecule is CC[C@H]1CC[C@@]2(C=CC(COCc3ccccc3)CO2)OC1. The number of hydrogen-bond acceptors (Lipinski definition) is 3. The van der Waals surface area contributed by atoms with Crippen LogP contribution in [0.15, 0.2) is 42.5 Å². The first-order valence-electron chi connectivity index (χ1n) is 8.38. The van der Waals surface area contributed by atoms with Crippen LogP contribution in [0.25, 0.3) is 0 Å². The smallest absolute Gasteiger partial charge is 0.187 e. The Kier molecular flexibility index (Phi) is 5.29. The van der Waals surface area contributed by atoms with Gasteiger partial charge in [0.2, 0.25) is 0 Å². The highest BCUT2D eigenvalue weighted by Crippen LogP contribution is 2.34. The van der Waals surface area contributed by atoms with Gasteiger partial charge in [-0.05, 0) is 24.0 Å². The van der Waals surface area contributed by atoms with Gasteiger partial charge >= 0.3 is 0 Å². The maximum Gasteiger partial charge on any atom is 0.187 e. The highest BCUT2D eigenvalue weighted by molar-refractivity contribution is 5.13. The van der Waals surface area contributed by atoms with E-state index in [9.17, 15) is 0 Å². The Labute approximate surface area is 133 Å². The van der Waals surface area contributed by atoms with Crippen molar-refractivity contribution in [3.05, 3.63) is 48.0 Å². The van der Waals surface area contributed by atoms with E-state index in [4.69, 9.17) is 14.2 Å². The molecule has 0 N–H and O–H groups in total. The first-order chi connectivity index (χ1) is 10.8. The molecule has 1 unspecified atom stereocenters. The number of hydrogen-bond donors (Lipinski definition) is 0. The fourth-order valence-electron chi connectivity index (χ4n) is 3.03. The van der Waals surface area contributed by atoms with Crippen LogP contribution in [-0.4, -0.2) is 25.6 Å². The number of benzene rings is 1. The van der Waals surface area contributed by atoms with E-state index < -0.39 is 5.79 Å². The van der Waals surface area contributed by atoms with Crippen molar-refractivity contribution < 1.29 is 14.2 Å². The molecule has 0 aromatic heterocycles. The summed E-state index contributed by atoms with van der Waals surface area (Å²) in [6.07, 6.45) is 7.67. The minimum atomic E-state index is -0.457. The molecule has 22 heavy (non-hydrogen) atoms. The third kappa shape index (κ3) is 3.97. The molecule has 1 saturated heterocycles. The van der Waals surface area contributed by atoms with Gasteiger partial charge in [-0.2, -0.15) is 0 Å². The van der Waals surface area contributed by atoms with Gasteiger partial charge in [-0.25, -0.2) is 0 Å². The van der Waals surface area contributed by atoms with Gasteiger partial charge in [0.05, 0.1) is 26.4 Å². The standard InChI is InChI=1S/C19H26O3/c1-2-16-8-10-19(21-14-16)11-9-18(15-22-19)13-20-12-17-6-4-3-5-7-17/h3-7,9,11,16,18H,2,8,10,12-15H2,1H3/t16-,18?,19+/m0/s1. The average molecular weight is 302 g/mol. The molecular formula is C19H26O3. The molecular weight excluding hydrogens is 276 g/mol. The molecule has 3 nitrogen and oxygen atoms in total. The molecule has 0 radical (unpaired) electrons. The summed E-state index contributed by atoms with van der Waals surface area (Å²) in [7, 11) is 0. The van der Waals surface area contributed by atoms with E-state index >= 15 is 0 Å². The Morgan fingerprint density at radius 3 is 2.64 bits per heavy atom. The van der Waals surface area contributed by atoms with E-state index in [0.29, 0.717) is 31.7 Å². The minimum absolute atomic E-state index is 0.321. The predicted molar refractivity (Wildman–Crippen MR) is 86.4 cm³/mol. The van der Waals surface area contributed by atoms with Crippen LogP contribution in [0.5, 0.6) is 0 Å². The van der Waals surface area contributed by atoms with Crippen LogP contribution < -0.4 is 0 Å². The molecule has 1 aromatic rings. The molecule has 3 rings (SSSR count). The van der Waals surface area contributed by atoms with E-state index in [0.717, 1.165) is 13.0 Å². The van der Waals surface area contributed by atoms with E-state index in [1.807, 2.05) is 18.2 Å². The van der Waals surface area contributed by atoms with Crippen LogP contribution in [0.2, 0.25) is 0 Å². The van der Waals surface area contributed by atoms with E-state index in [1.54, 1.807) is 0 Å². The first kappa shape index (κ1) is 15.7. The summed E-state index contributed by atoms with van der Waals surface area (Å²) in [5.74, 6) is 0.554. The summed E-state index contributed by atoms with van der Waals surface area (Å²) in [6.45, 7) is 5.08. The van der Waals surface area contributed by atoms with Gasteiger partial charge in [0, 0.05) is 12.3 Å². The Morgan fingerprint density at radius 2 is 2.00 bits per heavy atom. The van der Waals surface area contributed by atoms with Crippen molar-refractivity contribution in [1.29, 1.82) is 0 Å². The largest absolute Gasteiger partial charge is 0.376 e. The molecule has 2 aliphatic heterocycles. The molecule has 3 heteroatoms. The van der Waals surface area contributed by atoms with Crippen molar-refractivity contribution in [2.45, 2.75) is 38.6 Å². The lowest BCUT2D eigenvalue weighted by Crippen LogP contribution is -2.43. The van der Waals surface area contributed by atoms with Gasteiger partial charge in [0.1, 0.15) is 0 Å². The molecule has 2 aliphatic rings. The van der Waals surface area contributed by atoms with Crippen LogP contribution >= 0.6 is 0 Å². The van der Waals surface area contributed by atoms with Crippen LogP contribution in [-0.2, 0) is 20.8 Å². The van der Waals surface area contributed by atoms with Crippen molar-refractivity contribution in [2.24, 2.45) is 11.8 Å². The lowest BCUT2D eigenvalue weighted by atomic mass is 9.92. The molecule has 0 saturated carbocycles. The van der Waals surface area contributed by atoms with Gasteiger partial charge in [-0.15, -0.1) is 0 Å². The second-order valence-corrected chi connectivity index (χ2v) is 6.37. The van der Waals surface area contributed by atoms with Crippen molar-refractivity contribution in [3.63, 3.8) is 0 Å². The van der Waals surface area contributed by atoms with Crippen LogP contribution in [0.4, 0.5) is 0 Å². The molecule has 1 spiro atoms. The Morgan fingerprint density at radius 1 is 1.18 bits per heavy atom. The molecule has 0 amide bonds. The summed E-state index contributed by atoms with van der Waals surface area (Å²) in [6, 6.07) is 10.3. The Hall–Kier alpha value is -1.16. The zero-order valence-electron chi connectivity index (χ0n) is 13.4. The Balaban J connectivity index is 1.43. The molecule has 120 valence electrons. The van der Waals surface area contributed by atoms with Gasteiger partial charge in [-0.1, -0.05) is 49.8 Å². The summed E-state index contributed by atoms with van der Waals surface area (Å²) < 4.78 is 17.8. The van der Waals surface area contributed by atoms with Gasteiger partial charge in [-0.3, -0.25) is 0 Å². The van der Waals surface area contributed by atoms with Crippen LogP contribution in [0, 0.1) is 11.8 Å². The fourth-order valence-corrected chi connectivity index (χ4v) is 3.03. The fraction of sp³-hybridized carbons (Fsp3) is 0.579. The van der Waals surface area contributed by atoms with Gasteiger partial charge in [0.25, 0.3) is 0 Å². The van der Waals surface area contributed by atoms with Gasteiger partial charge in [0.15, 0.2) is 5.79 Å². The van der Waals surface area contributed by atoms with E-state index in [1.165, 1.54) is 18.4 Å². The summed E-state index contributed by atoms with van der Waals surface area (Å²) in [5, 5.41) is 0. The minimum Gasteiger partial charge on any atom is -0.376 e. The Bertz CT molecular complexity index is 475. The zero-order valence-corrected chi connectivity index (χ0v) is 13.4. The summed E-state index contributed by atoms with van der Waals surface area (Å²) >= 11 is 0. The zero-order chi connectivity index (χ0) is 15.3. The second kappa shape index (κ2) is 7.40. The third-order valence-corrected chi connectivity index (χ3v) is 4.65. The van der Waals surface area contributed by atoms with Crippen LogP contribution in [0.3, 0.4) is 0 Å². The van der Waals surface area contributed by atoms with Crippen molar-refractivity contribution in [1.82, 2.24) is 0 Å². The molecule has 0 aliphatic carbocycles. The lowest BCUT2D eigenvalue weighted by molar-refractivity contribution is -0.244. The van der Waals surface area contributed by atoms with Crippen LogP contribution in [0.1, 0.15) is 31.7 Å². The van der Waals surface area contributed by atoms with Crippen molar-refractivity contribution >= 4 is 0 Å². The molecule has 1 aromatic carbocycles. The predicted octanol–water partition coefficient (Wildman–Crippen LogP) is 3.94. The number of rotatable bonds is 5. The molecule has 3 atom stereocenters. The second-order valence-electron chi connectivity index (χ2n) is 6.37. The topological polar surface area (TPSA) is 27.7 Å². The monoisotopic (exact) mass is 302 g/mol. The average Bonchev–Trinajstić information content (AvgIpc) is 2.59. The molecule has 2 heterocycles. The maximum absolute atomic E-state index is 6.03. The first-order valence-corrected chi connectivity index (χ1v) is 8.38. The lowest BCUT2D eigenvalue weighted by Gasteiger charge is -2.40. The molecule has 1 fully saturated rings.